The van der Waals surface area contributed by atoms with Gasteiger partial charge >= 0.3 is 0 Å². The normalized spacial score (nSPS) is 20.5. The zero-order chi connectivity index (χ0) is 11.0. The monoisotopic (exact) mass is 212 g/mol. The van der Waals surface area contributed by atoms with Crippen molar-refractivity contribution in [3.63, 3.8) is 0 Å². The van der Waals surface area contributed by atoms with Gasteiger partial charge in [-0.15, -0.1) is 0 Å². The van der Waals surface area contributed by atoms with E-state index in [0.717, 1.165) is 19.2 Å². The Bertz CT molecular complexity index is 379. The van der Waals surface area contributed by atoms with E-state index in [1.807, 2.05) is 11.9 Å². The first kappa shape index (κ1) is 10.2. The van der Waals surface area contributed by atoms with Crippen LogP contribution in [0.4, 0.5) is 20.2 Å². The van der Waals surface area contributed by atoms with Crippen molar-refractivity contribution in [3.8, 4) is 0 Å². The first-order valence-corrected chi connectivity index (χ1v) is 5.02. The molecule has 0 amide bonds. The van der Waals surface area contributed by atoms with E-state index in [0.29, 0.717) is 17.3 Å². The number of nitrogens with zero attached hydrogens (tertiary/aromatic N) is 1. The van der Waals surface area contributed by atoms with Crippen LogP contribution in [0.2, 0.25) is 0 Å². The number of halogens is 2. The fraction of sp³-hybridized carbons (Fsp3) is 0.455. The second kappa shape index (κ2) is 3.68. The first-order valence-electron chi connectivity index (χ1n) is 5.02. The molecule has 4 heteroatoms. The lowest BCUT2D eigenvalue weighted by Crippen LogP contribution is -2.24. The maximum atomic E-state index is 13.6. The number of rotatable bonds is 0. The summed E-state index contributed by atoms with van der Waals surface area (Å²) in [5.41, 5.74) is 1.00. The molecule has 0 fully saturated rings. The van der Waals surface area contributed by atoms with Crippen molar-refractivity contribution in [2.45, 2.75) is 6.92 Å². The number of benzene rings is 1. The zero-order valence-corrected chi connectivity index (χ0v) is 8.85. The quantitative estimate of drug-likeness (QED) is 0.710. The molecule has 82 valence electrons. The van der Waals surface area contributed by atoms with E-state index in [2.05, 4.69) is 12.2 Å². The first-order chi connectivity index (χ1) is 7.08. The topological polar surface area (TPSA) is 15.3 Å². The van der Waals surface area contributed by atoms with Crippen LogP contribution in [-0.2, 0) is 0 Å². The molecule has 2 nitrogen and oxygen atoms in total. The van der Waals surface area contributed by atoms with Gasteiger partial charge in [-0.05, 0) is 12.0 Å². The predicted octanol–water partition coefficient (Wildman–Crippen LogP) is 2.46. The summed E-state index contributed by atoms with van der Waals surface area (Å²) in [7, 11) is 1.82. The summed E-state index contributed by atoms with van der Waals surface area (Å²) in [6.45, 7) is 3.58. The highest BCUT2D eigenvalue weighted by Crippen LogP contribution is 2.32. The standard InChI is InChI=1S/C11H14F2N2/c1-7-5-14-10-4-8(12)3-9(13)11(10)15(2)6-7/h3-4,7,14H,5-6H2,1-2H3. The molecule has 0 saturated heterocycles. The van der Waals surface area contributed by atoms with Crippen molar-refractivity contribution >= 4 is 11.4 Å². The highest BCUT2D eigenvalue weighted by molar-refractivity contribution is 5.71. The second-order valence-electron chi connectivity index (χ2n) is 4.15. The van der Waals surface area contributed by atoms with E-state index in [-0.39, 0.29) is 0 Å². The van der Waals surface area contributed by atoms with E-state index in [1.165, 1.54) is 6.07 Å². The molecular weight excluding hydrogens is 198 g/mol. The van der Waals surface area contributed by atoms with E-state index in [9.17, 15) is 8.78 Å². The Balaban J connectivity index is 2.48. The van der Waals surface area contributed by atoms with Crippen LogP contribution in [0.5, 0.6) is 0 Å². The minimum absolute atomic E-state index is 0.407. The summed E-state index contributed by atoms with van der Waals surface area (Å²) in [4.78, 5) is 1.83. The maximum absolute atomic E-state index is 13.6. The van der Waals surface area contributed by atoms with E-state index < -0.39 is 11.6 Å². The average molecular weight is 212 g/mol. The molecule has 2 rings (SSSR count). The van der Waals surface area contributed by atoms with Crippen molar-refractivity contribution in [1.29, 1.82) is 0 Å². The third kappa shape index (κ3) is 1.89. The third-order valence-corrected chi connectivity index (χ3v) is 2.64. The van der Waals surface area contributed by atoms with Crippen LogP contribution in [0.15, 0.2) is 12.1 Å². The summed E-state index contributed by atoms with van der Waals surface area (Å²) < 4.78 is 26.6. The van der Waals surface area contributed by atoms with Gasteiger partial charge in [-0.2, -0.15) is 0 Å². The van der Waals surface area contributed by atoms with E-state index in [4.69, 9.17) is 0 Å². The van der Waals surface area contributed by atoms with Crippen molar-refractivity contribution in [3.05, 3.63) is 23.8 Å². The second-order valence-corrected chi connectivity index (χ2v) is 4.15. The van der Waals surface area contributed by atoms with Gasteiger partial charge in [0.1, 0.15) is 5.82 Å². The van der Waals surface area contributed by atoms with Crippen LogP contribution < -0.4 is 10.2 Å². The Kier molecular flexibility index (Phi) is 2.50. The number of anilines is 2. The van der Waals surface area contributed by atoms with Crippen LogP contribution in [-0.4, -0.2) is 20.1 Å². The minimum Gasteiger partial charge on any atom is -0.383 e. The molecule has 1 heterocycles. The Morgan fingerprint density at radius 1 is 1.40 bits per heavy atom. The molecule has 0 saturated carbocycles. The lowest BCUT2D eigenvalue weighted by atomic mass is 10.2. The van der Waals surface area contributed by atoms with Gasteiger partial charge in [0.25, 0.3) is 0 Å². The lowest BCUT2D eigenvalue weighted by molar-refractivity contribution is 0.577. The van der Waals surface area contributed by atoms with Gasteiger partial charge in [-0.3, -0.25) is 0 Å². The number of nitrogens with one attached hydrogen (secondary N) is 1. The average Bonchev–Trinajstić information content (AvgIpc) is 2.25. The summed E-state index contributed by atoms with van der Waals surface area (Å²) in [6, 6.07) is 2.26. The smallest absolute Gasteiger partial charge is 0.151 e. The van der Waals surface area contributed by atoms with Gasteiger partial charge in [-0.1, -0.05) is 6.92 Å². The minimum atomic E-state index is -0.540. The van der Waals surface area contributed by atoms with Crippen LogP contribution in [0.25, 0.3) is 0 Å². The van der Waals surface area contributed by atoms with Crippen LogP contribution >= 0.6 is 0 Å². The molecule has 1 unspecified atom stereocenters. The van der Waals surface area contributed by atoms with Gasteiger partial charge in [0.2, 0.25) is 0 Å². The van der Waals surface area contributed by atoms with Crippen molar-refractivity contribution in [2.24, 2.45) is 5.92 Å². The molecule has 1 aliphatic heterocycles. The molecule has 0 aromatic heterocycles. The largest absolute Gasteiger partial charge is 0.383 e. The number of hydrogen-bond donors (Lipinski definition) is 1. The molecule has 1 aromatic carbocycles. The Hall–Kier alpha value is -1.32. The van der Waals surface area contributed by atoms with Crippen molar-refractivity contribution < 1.29 is 8.78 Å². The molecule has 0 aliphatic carbocycles. The Morgan fingerprint density at radius 2 is 2.13 bits per heavy atom. The predicted molar refractivity (Wildman–Crippen MR) is 57.3 cm³/mol. The van der Waals surface area contributed by atoms with Gasteiger partial charge in [0.05, 0.1) is 11.4 Å². The molecule has 1 atom stereocenters. The van der Waals surface area contributed by atoms with Crippen LogP contribution in [0.1, 0.15) is 6.92 Å². The molecule has 0 bridgehead atoms. The van der Waals surface area contributed by atoms with E-state index >= 15 is 0 Å². The third-order valence-electron chi connectivity index (χ3n) is 2.64. The van der Waals surface area contributed by atoms with Gasteiger partial charge in [0.15, 0.2) is 5.82 Å². The molecule has 1 aromatic rings. The molecule has 15 heavy (non-hydrogen) atoms. The maximum Gasteiger partial charge on any atom is 0.151 e. The SMILES string of the molecule is CC1CNc2cc(F)cc(F)c2N(C)C1. The van der Waals surface area contributed by atoms with Gasteiger partial charge in [-0.25, -0.2) is 8.78 Å². The number of fused-ring (bicyclic) bond motifs is 1. The Labute approximate surface area is 87.9 Å². The molecular formula is C11H14F2N2. The van der Waals surface area contributed by atoms with Crippen molar-refractivity contribution in [2.75, 3.05) is 30.4 Å². The summed E-state index contributed by atoms with van der Waals surface area (Å²) >= 11 is 0. The van der Waals surface area contributed by atoms with Crippen molar-refractivity contribution in [1.82, 2.24) is 0 Å². The molecule has 0 radical (unpaired) electrons. The van der Waals surface area contributed by atoms with Crippen LogP contribution in [0, 0.1) is 17.6 Å². The molecule has 0 spiro atoms. The van der Waals surface area contributed by atoms with E-state index in [1.54, 1.807) is 0 Å². The fourth-order valence-corrected chi connectivity index (χ4v) is 2.00. The summed E-state index contributed by atoms with van der Waals surface area (Å²) in [5, 5.41) is 3.07. The Morgan fingerprint density at radius 3 is 2.87 bits per heavy atom. The van der Waals surface area contributed by atoms with Gasteiger partial charge < -0.3 is 10.2 Å². The zero-order valence-electron chi connectivity index (χ0n) is 8.85. The van der Waals surface area contributed by atoms with Crippen LogP contribution in [0.3, 0.4) is 0 Å². The van der Waals surface area contributed by atoms with Gasteiger partial charge in [0, 0.05) is 26.2 Å². The summed E-state index contributed by atoms with van der Waals surface area (Å²) in [5.74, 6) is -0.638. The highest BCUT2D eigenvalue weighted by Gasteiger charge is 2.20. The lowest BCUT2D eigenvalue weighted by Gasteiger charge is -2.20. The summed E-state index contributed by atoms with van der Waals surface area (Å²) in [6.07, 6.45) is 0. The number of hydrogen-bond acceptors (Lipinski definition) is 2. The highest BCUT2D eigenvalue weighted by atomic mass is 19.1. The fourth-order valence-electron chi connectivity index (χ4n) is 2.00. The molecule has 1 N–H and O–H groups in total. The molecule has 1 aliphatic rings.